The molecule has 0 aliphatic heterocycles. The summed E-state index contributed by atoms with van der Waals surface area (Å²) >= 11 is 1.37. The molecule has 0 atom stereocenters. The zero-order valence-electron chi connectivity index (χ0n) is 16.2. The fraction of sp³-hybridized carbons (Fsp3) is 0.400. The molecular formula is C20H23N3O4S. The number of aryl methyl sites for hydroxylation is 2. The lowest BCUT2D eigenvalue weighted by Crippen LogP contribution is -2.23. The number of ether oxygens (including phenoxy) is 1. The predicted octanol–water partition coefficient (Wildman–Crippen LogP) is 3.65. The molecule has 0 saturated carbocycles. The zero-order valence-corrected chi connectivity index (χ0v) is 17.0. The van der Waals surface area contributed by atoms with Crippen LogP contribution in [0, 0.1) is 6.92 Å². The van der Waals surface area contributed by atoms with Gasteiger partial charge in [0.2, 0.25) is 5.76 Å². The molecule has 3 rings (SSSR count). The molecule has 2 aromatic heterocycles. The van der Waals surface area contributed by atoms with Gasteiger partial charge in [-0.25, -0.2) is 0 Å². The lowest BCUT2D eigenvalue weighted by Gasteiger charge is -2.05. The number of aromatic nitrogens is 2. The van der Waals surface area contributed by atoms with Crippen molar-refractivity contribution >= 4 is 33.4 Å². The van der Waals surface area contributed by atoms with Gasteiger partial charge in [-0.3, -0.25) is 9.59 Å². The van der Waals surface area contributed by atoms with E-state index in [2.05, 4.69) is 29.2 Å². The number of carbonyl (C=O) groups excluding carboxylic acids is 2. The maximum absolute atomic E-state index is 12.5. The SMILES string of the molecule is CCCCc1ccc2c(c1)sc(=NC(=O)c1cc(C)no1)n2CC(=O)OCC. The van der Waals surface area contributed by atoms with Crippen LogP contribution >= 0.6 is 11.3 Å². The monoisotopic (exact) mass is 401 g/mol. The molecule has 1 amide bonds. The van der Waals surface area contributed by atoms with E-state index in [9.17, 15) is 9.59 Å². The van der Waals surface area contributed by atoms with E-state index in [1.807, 2.05) is 6.07 Å². The molecular weight excluding hydrogens is 378 g/mol. The molecule has 0 saturated heterocycles. The molecule has 28 heavy (non-hydrogen) atoms. The van der Waals surface area contributed by atoms with E-state index in [1.54, 1.807) is 18.4 Å². The van der Waals surface area contributed by atoms with Crippen molar-refractivity contribution in [2.75, 3.05) is 6.61 Å². The van der Waals surface area contributed by atoms with Crippen LogP contribution in [0.2, 0.25) is 0 Å². The summed E-state index contributed by atoms with van der Waals surface area (Å²) < 4.78 is 12.8. The molecule has 0 fully saturated rings. The van der Waals surface area contributed by atoms with E-state index >= 15 is 0 Å². The van der Waals surface area contributed by atoms with Crippen molar-refractivity contribution in [1.82, 2.24) is 9.72 Å². The van der Waals surface area contributed by atoms with Crippen molar-refractivity contribution in [3.05, 3.63) is 46.1 Å². The van der Waals surface area contributed by atoms with Crippen molar-refractivity contribution in [3.63, 3.8) is 0 Å². The maximum Gasteiger partial charge on any atom is 0.326 e. The zero-order chi connectivity index (χ0) is 20.1. The van der Waals surface area contributed by atoms with Gasteiger partial charge in [0.15, 0.2) is 4.80 Å². The van der Waals surface area contributed by atoms with E-state index in [-0.39, 0.29) is 18.3 Å². The van der Waals surface area contributed by atoms with Crippen LogP contribution in [0.15, 0.2) is 33.8 Å². The summed E-state index contributed by atoms with van der Waals surface area (Å²) in [4.78, 5) is 29.1. The van der Waals surface area contributed by atoms with E-state index < -0.39 is 5.91 Å². The maximum atomic E-state index is 12.5. The molecule has 2 heterocycles. The third kappa shape index (κ3) is 4.56. The third-order valence-electron chi connectivity index (χ3n) is 4.19. The summed E-state index contributed by atoms with van der Waals surface area (Å²) in [5, 5.41) is 3.72. The second kappa shape index (κ2) is 8.97. The highest BCUT2D eigenvalue weighted by Gasteiger charge is 2.15. The Labute approximate surface area is 166 Å². The Morgan fingerprint density at radius 1 is 1.29 bits per heavy atom. The number of amides is 1. The minimum absolute atomic E-state index is 0.0102. The van der Waals surface area contributed by atoms with Crippen LogP contribution in [0.5, 0.6) is 0 Å². The first-order valence-corrected chi connectivity index (χ1v) is 10.1. The highest BCUT2D eigenvalue weighted by atomic mass is 32.1. The van der Waals surface area contributed by atoms with Gasteiger partial charge in [-0.2, -0.15) is 4.99 Å². The van der Waals surface area contributed by atoms with Gasteiger partial charge < -0.3 is 13.8 Å². The van der Waals surface area contributed by atoms with Gasteiger partial charge in [-0.1, -0.05) is 35.9 Å². The van der Waals surface area contributed by atoms with E-state index in [0.29, 0.717) is 17.1 Å². The molecule has 0 radical (unpaired) electrons. The minimum Gasteiger partial charge on any atom is -0.465 e. The van der Waals surface area contributed by atoms with Gasteiger partial charge in [0.25, 0.3) is 0 Å². The number of thiazole rings is 1. The summed E-state index contributed by atoms with van der Waals surface area (Å²) in [7, 11) is 0. The van der Waals surface area contributed by atoms with E-state index in [1.165, 1.54) is 23.0 Å². The average Bonchev–Trinajstić information content (AvgIpc) is 3.24. The quantitative estimate of drug-likeness (QED) is 0.564. The summed E-state index contributed by atoms with van der Waals surface area (Å²) in [5.41, 5.74) is 2.68. The summed E-state index contributed by atoms with van der Waals surface area (Å²) in [6, 6.07) is 7.66. The number of benzene rings is 1. The summed E-state index contributed by atoms with van der Waals surface area (Å²) in [6.45, 7) is 5.94. The largest absolute Gasteiger partial charge is 0.465 e. The van der Waals surface area contributed by atoms with Crippen molar-refractivity contribution < 1.29 is 18.8 Å². The molecule has 8 heteroatoms. The van der Waals surface area contributed by atoms with Crippen LogP contribution in [0.4, 0.5) is 0 Å². The molecule has 1 aromatic carbocycles. The number of carbonyl (C=O) groups is 2. The van der Waals surface area contributed by atoms with Crippen LogP contribution in [-0.2, 0) is 22.5 Å². The number of fused-ring (bicyclic) bond motifs is 1. The van der Waals surface area contributed by atoms with Crippen LogP contribution < -0.4 is 4.80 Å². The van der Waals surface area contributed by atoms with Gasteiger partial charge in [-0.05, 0) is 44.4 Å². The fourth-order valence-corrected chi connectivity index (χ4v) is 3.93. The van der Waals surface area contributed by atoms with Crippen molar-refractivity contribution in [2.45, 2.75) is 46.6 Å². The lowest BCUT2D eigenvalue weighted by atomic mass is 10.1. The molecule has 0 N–H and O–H groups in total. The molecule has 0 aliphatic carbocycles. The fourth-order valence-electron chi connectivity index (χ4n) is 2.83. The van der Waals surface area contributed by atoms with E-state index in [4.69, 9.17) is 9.26 Å². The van der Waals surface area contributed by atoms with E-state index in [0.717, 1.165) is 29.5 Å². The number of hydrogen-bond acceptors (Lipinski definition) is 6. The van der Waals surface area contributed by atoms with Crippen LogP contribution in [-0.4, -0.2) is 28.2 Å². The van der Waals surface area contributed by atoms with Gasteiger partial charge in [0.05, 0.1) is 22.5 Å². The van der Waals surface area contributed by atoms with Gasteiger partial charge in [0, 0.05) is 6.07 Å². The molecule has 3 aromatic rings. The highest BCUT2D eigenvalue weighted by molar-refractivity contribution is 7.16. The van der Waals surface area contributed by atoms with Crippen molar-refractivity contribution in [3.8, 4) is 0 Å². The Morgan fingerprint density at radius 2 is 2.11 bits per heavy atom. The summed E-state index contributed by atoms with van der Waals surface area (Å²) in [6.07, 6.45) is 3.22. The first kappa shape index (κ1) is 20.0. The number of rotatable bonds is 7. The Morgan fingerprint density at radius 3 is 2.79 bits per heavy atom. The highest BCUT2D eigenvalue weighted by Crippen LogP contribution is 2.21. The Kier molecular flexibility index (Phi) is 6.41. The lowest BCUT2D eigenvalue weighted by molar-refractivity contribution is -0.143. The predicted molar refractivity (Wildman–Crippen MR) is 106 cm³/mol. The standard InChI is InChI=1S/C20H23N3O4S/c1-4-6-7-14-8-9-15-17(11-14)28-20(23(15)12-18(24)26-5-2)21-19(25)16-10-13(3)22-27-16/h8-11H,4-7,12H2,1-3H3. The molecule has 7 nitrogen and oxygen atoms in total. The second-order valence-electron chi connectivity index (χ2n) is 6.43. The first-order valence-electron chi connectivity index (χ1n) is 9.32. The van der Waals surface area contributed by atoms with Crippen LogP contribution in [0.1, 0.15) is 48.5 Å². The van der Waals surface area contributed by atoms with Crippen molar-refractivity contribution in [1.29, 1.82) is 0 Å². The van der Waals surface area contributed by atoms with Gasteiger partial charge >= 0.3 is 11.9 Å². The Bertz CT molecular complexity index is 1060. The molecule has 0 bridgehead atoms. The Hall–Kier alpha value is -2.74. The average molecular weight is 401 g/mol. The first-order chi connectivity index (χ1) is 13.5. The topological polar surface area (TPSA) is 86.7 Å². The third-order valence-corrected chi connectivity index (χ3v) is 5.24. The minimum atomic E-state index is -0.532. The molecule has 0 spiro atoms. The Balaban J connectivity index is 2.06. The van der Waals surface area contributed by atoms with Crippen LogP contribution in [0.3, 0.4) is 0 Å². The van der Waals surface area contributed by atoms with Crippen LogP contribution in [0.25, 0.3) is 10.2 Å². The molecule has 148 valence electrons. The smallest absolute Gasteiger partial charge is 0.326 e. The number of hydrogen-bond donors (Lipinski definition) is 0. The molecule has 0 aliphatic rings. The normalized spacial score (nSPS) is 11.9. The second-order valence-corrected chi connectivity index (χ2v) is 7.44. The number of esters is 1. The number of nitrogens with zero attached hydrogens (tertiary/aromatic N) is 3. The summed E-state index contributed by atoms with van der Waals surface area (Å²) in [5.74, 6) is -0.834. The van der Waals surface area contributed by atoms with Gasteiger partial charge in [0.1, 0.15) is 6.54 Å². The molecule has 0 unspecified atom stereocenters. The van der Waals surface area contributed by atoms with Gasteiger partial charge in [-0.15, -0.1) is 0 Å². The number of unbranched alkanes of at least 4 members (excludes halogenated alkanes) is 1. The van der Waals surface area contributed by atoms with Crippen molar-refractivity contribution in [2.24, 2.45) is 4.99 Å².